The molecule has 0 saturated heterocycles. The van der Waals surface area contributed by atoms with Crippen LogP contribution in [-0.4, -0.2) is 52.9 Å². The summed E-state index contributed by atoms with van der Waals surface area (Å²) in [6, 6.07) is 21.3. The van der Waals surface area contributed by atoms with Crippen LogP contribution in [0.4, 0.5) is 5.69 Å². The molecule has 3 aromatic carbocycles. The first kappa shape index (κ1) is 33.3. The second-order valence-corrected chi connectivity index (χ2v) is 11.5. The summed E-state index contributed by atoms with van der Waals surface area (Å²) < 4.78 is 12.3. The zero-order chi connectivity index (χ0) is 33.1. The highest BCUT2D eigenvalue weighted by Gasteiger charge is 2.54. The van der Waals surface area contributed by atoms with E-state index in [9.17, 15) is 15.4 Å². The number of aliphatic hydroxyl groups excluding tert-OH is 2. The average molecular weight is 640 g/mol. The first-order valence-corrected chi connectivity index (χ1v) is 15.5. The zero-order valence-electron chi connectivity index (χ0n) is 25.8. The van der Waals surface area contributed by atoms with Crippen molar-refractivity contribution >= 4 is 17.5 Å². The maximum absolute atomic E-state index is 14.6. The molecule has 0 unspecified atom stereocenters. The van der Waals surface area contributed by atoms with Gasteiger partial charge in [0.1, 0.15) is 5.75 Å². The van der Waals surface area contributed by atoms with Crippen LogP contribution in [0.3, 0.4) is 0 Å². The molecular weight excluding hydrogens is 602 g/mol. The molecule has 0 radical (unpaired) electrons. The number of benzene rings is 3. The van der Waals surface area contributed by atoms with Gasteiger partial charge in [-0.1, -0.05) is 58.8 Å². The molecule has 47 heavy (non-hydrogen) atoms. The number of aliphatic hydroxyl groups is 2. The summed E-state index contributed by atoms with van der Waals surface area (Å²) in [5, 5.41) is 26.7. The van der Waals surface area contributed by atoms with E-state index in [1.165, 1.54) is 0 Å². The Balaban J connectivity index is 1.60. The van der Waals surface area contributed by atoms with Crippen molar-refractivity contribution in [3.05, 3.63) is 116 Å². The van der Waals surface area contributed by atoms with Gasteiger partial charge in [-0.05, 0) is 72.1 Å². The molecule has 0 aromatic heterocycles. The second kappa shape index (κ2) is 15.9. The van der Waals surface area contributed by atoms with Crippen molar-refractivity contribution in [2.45, 2.75) is 68.9 Å². The molecule has 1 aliphatic carbocycles. The molecule has 244 valence electrons. The number of azide groups is 2. The van der Waals surface area contributed by atoms with Gasteiger partial charge in [-0.2, -0.15) is 0 Å². The number of rotatable bonds is 14. The number of nitrogens with one attached hydrogen (secondary N) is 2. The number of nitrogens with zero attached hydrogens (tertiary/aromatic N) is 7. The number of carbonyl (C=O) groups excluding carboxylic acids is 1. The van der Waals surface area contributed by atoms with Gasteiger partial charge in [-0.15, -0.1) is 0 Å². The highest BCUT2D eigenvalue weighted by molar-refractivity contribution is 6.01. The number of amides is 1. The number of hydrazine groups is 1. The normalized spacial score (nSPS) is 21.8. The third-order valence-corrected chi connectivity index (χ3v) is 8.37. The first-order chi connectivity index (χ1) is 23.0. The smallest absolute Gasteiger partial charge is 0.266 e. The van der Waals surface area contributed by atoms with E-state index < -0.39 is 17.6 Å². The molecule has 2 aliphatic rings. The zero-order valence-corrected chi connectivity index (χ0v) is 25.8. The van der Waals surface area contributed by atoms with Crippen molar-refractivity contribution in [1.82, 2.24) is 10.9 Å². The minimum absolute atomic E-state index is 0.0229. The van der Waals surface area contributed by atoms with Crippen LogP contribution in [0.1, 0.15) is 60.5 Å². The quantitative estimate of drug-likeness (QED) is 0.0577. The van der Waals surface area contributed by atoms with Gasteiger partial charge >= 0.3 is 0 Å². The fourth-order valence-corrected chi connectivity index (χ4v) is 5.89. The van der Waals surface area contributed by atoms with Crippen molar-refractivity contribution in [2.75, 3.05) is 13.2 Å². The number of carbonyl (C=O) groups is 1. The Morgan fingerprint density at radius 3 is 2.45 bits per heavy atom. The molecule has 14 nitrogen and oxygen atoms in total. The lowest BCUT2D eigenvalue weighted by Gasteiger charge is -2.33. The van der Waals surface area contributed by atoms with Crippen LogP contribution in [0.15, 0.2) is 88.0 Å². The molecule has 0 bridgehead atoms. The summed E-state index contributed by atoms with van der Waals surface area (Å²) in [6.45, 7) is 0.453. The number of ether oxygens (including phenoxy) is 2. The largest absolute Gasteiger partial charge is 0.494 e. The molecule has 1 fully saturated rings. The van der Waals surface area contributed by atoms with Crippen molar-refractivity contribution in [3.8, 4) is 5.75 Å². The highest BCUT2D eigenvalue weighted by atomic mass is 16.5. The number of aliphatic imine (C=N–C) groups is 1. The van der Waals surface area contributed by atoms with Gasteiger partial charge < -0.3 is 19.7 Å². The molecule has 3 aromatic rings. The maximum atomic E-state index is 14.6. The molecular formula is C33H37N9O5. The number of hydrogen-bond donors (Lipinski definition) is 4. The summed E-state index contributed by atoms with van der Waals surface area (Å²) in [5.74, 6) is 0.335. The average Bonchev–Trinajstić information content (AvgIpc) is 3.48. The minimum Gasteiger partial charge on any atom is -0.494 e. The van der Waals surface area contributed by atoms with Crippen LogP contribution in [0.5, 0.6) is 5.75 Å². The maximum Gasteiger partial charge on any atom is 0.266 e. The molecule has 2 atom stereocenters. The van der Waals surface area contributed by atoms with Crippen LogP contribution in [0.2, 0.25) is 0 Å². The van der Waals surface area contributed by atoms with Crippen LogP contribution >= 0.6 is 0 Å². The Morgan fingerprint density at radius 2 is 1.72 bits per heavy atom. The summed E-state index contributed by atoms with van der Waals surface area (Å²) in [5.41, 5.74) is 25.7. The number of hydrogen-bond acceptors (Lipinski definition) is 9. The van der Waals surface area contributed by atoms with Gasteiger partial charge in [0.25, 0.3) is 5.91 Å². The predicted octanol–water partition coefficient (Wildman–Crippen LogP) is 5.62. The van der Waals surface area contributed by atoms with E-state index >= 15 is 0 Å². The van der Waals surface area contributed by atoms with Crippen LogP contribution in [0.25, 0.3) is 20.9 Å². The van der Waals surface area contributed by atoms with Crippen molar-refractivity contribution < 1.29 is 24.5 Å². The monoisotopic (exact) mass is 639 g/mol. The van der Waals surface area contributed by atoms with Gasteiger partial charge in [0, 0.05) is 52.1 Å². The summed E-state index contributed by atoms with van der Waals surface area (Å²) in [4.78, 5) is 25.6. The molecule has 1 amide bonds. The van der Waals surface area contributed by atoms with Gasteiger partial charge in [0.15, 0.2) is 11.6 Å². The van der Waals surface area contributed by atoms with Crippen molar-refractivity contribution in [2.24, 2.45) is 15.2 Å². The van der Waals surface area contributed by atoms with Crippen LogP contribution in [-0.2, 0) is 22.5 Å². The molecule has 1 aliphatic heterocycles. The summed E-state index contributed by atoms with van der Waals surface area (Å²) in [7, 11) is 0. The fraction of sp³-hybridized carbons (Fsp3) is 0.394. The van der Waals surface area contributed by atoms with E-state index in [4.69, 9.17) is 25.1 Å². The lowest BCUT2D eigenvalue weighted by atomic mass is 9.80. The van der Waals surface area contributed by atoms with E-state index in [-0.39, 0.29) is 43.3 Å². The summed E-state index contributed by atoms with van der Waals surface area (Å²) >= 11 is 0. The topological polar surface area (TPSA) is 210 Å². The molecule has 0 spiro atoms. The molecule has 1 heterocycles. The lowest BCUT2D eigenvalue weighted by molar-refractivity contribution is -0.130. The first-order valence-electron chi connectivity index (χ1n) is 15.5. The molecule has 1 saturated carbocycles. The Morgan fingerprint density at radius 1 is 1.00 bits per heavy atom. The SMILES string of the molecule is [N-]=[N+]=NCc1ccccc1C[C@]1(C(=O)NNC2CCC(O)CC2)N=C(c2ccc(OCCCO)cc2)O[C@H]1c1ccccc1N=[N+]=[N-]. The summed E-state index contributed by atoms with van der Waals surface area (Å²) in [6.07, 6.45) is 1.79. The fourth-order valence-electron chi connectivity index (χ4n) is 5.89. The predicted molar refractivity (Wildman–Crippen MR) is 175 cm³/mol. The molecule has 14 heteroatoms. The molecule has 5 rings (SSSR count). The third-order valence-electron chi connectivity index (χ3n) is 8.37. The molecule has 4 N–H and O–H groups in total. The van der Waals surface area contributed by atoms with Gasteiger partial charge in [0.05, 0.1) is 19.3 Å². The van der Waals surface area contributed by atoms with Gasteiger partial charge in [0.2, 0.25) is 5.90 Å². The van der Waals surface area contributed by atoms with Gasteiger partial charge in [-0.3, -0.25) is 10.2 Å². The second-order valence-electron chi connectivity index (χ2n) is 11.5. The van der Waals surface area contributed by atoms with Gasteiger partial charge in [-0.25, -0.2) is 10.4 Å². The van der Waals surface area contributed by atoms with Crippen LogP contribution < -0.4 is 15.6 Å². The Bertz CT molecular complexity index is 1660. The lowest BCUT2D eigenvalue weighted by Crippen LogP contribution is -2.56. The van der Waals surface area contributed by atoms with Crippen molar-refractivity contribution in [3.63, 3.8) is 0 Å². The standard InChI is InChI=1S/C33H37N9O5/c34-41-36-21-24-7-2-1-6-23(24)20-33(32(45)40-38-25-12-14-26(44)15-13-25)30(28-8-3-4-9-29(28)39-42-35)47-31(37-33)22-10-16-27(17-11-22)46-19-5-18-43/h1-4,6-11,16-17,25-26,30,38,43-44H,5,12-15,18-21H2,(H,40,45)/t25?,26?,30-,33-/m0/s1. The van der Waals surface area contributed by atoms with E-state index in [0.717, 1.165) is 11.1 Å². The van der Waals surface area contributed by atoms with E-state index in [1.54, 1.807) is 48.5 Å². The van der Waals surface area contributed by atoms with E-state index in [2.05, 4.69) is 30.9 Å². The van der Waals surface area contributed by atoms with Crippen molar-refractivity contribution in [1.29, 1.82) is 0 Å². The Kier molecular flexibility index (Phi) is 11.3. The minimum atomic E-state index is -1.61. The van der Waals surface area contributed by atoms with Crippen LogP contribution in [0, 0.1) is 0 Å². The highest BCUT2D eigenvalue weighted by Crippen LogP contribution is 2.45. The van der Waals surface area contributed by atoms with E-state index in [0.29, 0.717) is 55.6 Å². The Hall–Kier alpha value is -5.10. The van der Waals surface area contributed by atoms with E-state index in [1.807, 2.05) is 24.3 Å². The Labute approximate surface area is 271 Å². The third kappa shape index (κ3) is 8.01.